The molecule has 1 aromatic heterocycles. The molecule has 0 fully saturated rings. The molecule has 0 aliphatic carbocycles. The monoisotopic (exact) mass is 463 g/mol. The normalized spacial score (nSPS) is 11.2. The molecule has 0 atom stereocenters. The average molecular weight is 464 g/mol. The van der Waals surface area contributed by atoms with Crippen molar-refractivity contribution in [1.29, 1.82) is 0 Å². The number of amides is 2. The number of hydrogen-bond donors (Lipinski definition) is 3. The molecule has 2 amide bonds. The number of thiophene rings is 1. The minimum absolute atomic E-state index is 0.0399. The van der Waals surface area contributed by atoms with Crippen LogP contribution in [-0.2, 0) is 10.2 Å². The van der Waals surface area contributed by atoms with Gasteiger partial charge < -0.3 is 10.6 Å². The average Bonchev–Trinajstić information content (AvgIpc) is 3.27. The molecule has 0 spiro atoms. The van der Waals surface area contributed by atoms with Crippen LogP contribution in [0.4, 0.5) is 11.4 Å². The summed E-state index contributed by atoms with van der Waals surface area (Å²) >= 11 is 6.73. The van der Waals surface area contributed by atoms with E-state index in [1.54, 1.807) is 41.7 Å². The van der Waals surface area contributed by atoms with E-state index in [1.165, 1.54) is 11.6 Å². The maximum Gasteiger partial charge on any atom is 0.255 e. The second-order valence-corrected chi connectivity index (χ2v) is 9.54. The smallest absolute Gasteiger partial charge is 0.255 e. The predicted octanol–water partition coefficient (Wildman–Crippen LogP) is 5.82. The molecule has 0 unspecified atom stereocenters. The van der Waals surface area contributed by atoms with Crippen molar-refractivity contribution in [3.63, 3.8) is 0 Å². The summed E-state index contributed by atoms with van der Waals surface area (Å²) in [6.07, 6.45) is 3.17. The lowest BCUT2D eigenvalue weighted by atomic mass is 9.87. The zero-order valence-corrected chi connectivity index (χ0v) is 19.8. The minimum Gasteiger partial charge on any atom is -0.332 e. The third kappa shape index (κ3) is 6.87. The number of thiocarbonyl (C=S) groups is 1. The first kappa shape index (κ1) is 23.4. The Morgan fingerprint density at radius 3 is 2.09 bits per heavy atom. The van der Waals surface area contributed by atoms with Gasteiger partial charge >= 0.3 is 0 Å². The van der Waals surface area contributed by atoms with Crippen molar-refractivity contribution in [2.75, 3.05) is 10.6 Å². The van der Waals surface area contributed by atoms with Gasteiger partial charge in [0.25, 0.3) is 5.91 Å². The van der Waals surface area contributed by atoms with Crippen LogP contribution in [0.3, 0.4) is 0 Å². The molecule has 3 aromatic rings. The maximum absolute atomic E-state index is 12.5. The highest BCUT2D eigenvalue weighted by molar-refractivity contribution is 7.80. The summed E-state index contributed by atoms with van der Waals surface area (Å²) in [6.45, 7) is 6.41. The van der Waals surface area contributed by atoms with Crippen molar-refractivity contribution < 1.29 is 9.59 Å². The van der Waals surface area contributed by atoms with Gasteiger partial charge in [0, 0.05) is 27.9 Å². The number of anilines is 2. The van der Waals surface area contributed by atoms with Crippen LogP contribution in [0.2, 0.25) is 0 Å². The Morgan fingerprint density at radius 1 is 0.906 bits per heavy atom. The van der Waals surface area contributed by atoms with Gasteiger partial charge in [-0.15, -0.1) is 11.3 Å². The Kier molecular flexibility index (Phi) is 7.56. The lowest BCUT2D eigenvalue weighted by molar-refractivity contribution is -0.115. The molecule has 32 heavy (non-hydrogen) atoms. The number of hydrogen-bond acceptors (Lipinski definition) is 4. The SMILES string of the molecule is CC(C)(C)c1ccc(C(=O)Nc2ccc(NC(=S)NC(=O)/C=C/c3cccs3)cc2)cc1. The van der Waals surface area contributed by atoms with Gasteiger partial charge in [-0.1, -0.05) is 39.0 Å². The van der Waals surface area contributed by atoms with Crippen molar-refractivity contribution >= 4 is 57.9 Å². The van der Waals surface area contributed by atoms with E-state index in [4.69, 9.17) is 12.2 Å². The van der Waals surface area contributed by atoms with E-state index in [1.807, 2.05) is 41.8 Å². The van der Waals surface area contributed by atoms with Crippen LogP contribution in [0.15, 0.2) is 72.1 Å². The minimum atomic E-state index is -0.308. The van der Waals surface area contributed by atoms with E-state index in [2.05, 4.69) is 36.7 Å². The molecule has 0 saturated heterocycles. The van der Waals surface area contributed by atoms with Crippen molar-refractivity contribution in [3.8, 4) is 0 Å². The van der Waals surface area contributed by atoms with E-state index < -0.39 is 0 Å². The number of benzene rings is 2. The fourth-order valence-corrected chi connectivity index (χ4v) is 3.66. The maximum atomic E-state index is 12.5. The molecule has 0 saturated carbocycles. The van der Waals surface area contributed by atoms with Gasteiger partial charge in [0.05, 0.1) is 0 Å². The van der Waals surface area contributed by atoms with E-state index >= 15 is 0 Å². The van der Waals surface area contributed by atoms with Gasteiger partial charge in [-0.2, -0.15) is 0 Å². The highest BCUT2D eigenvalue weighted by Crippen LogP contribution is 2.22. The van der Waals surface area contributed by atoms with Crippen molar-refractivity contribution in [2.45, 2.75) is 26.2 Å². The predicted molar refractivity (Wildman–Crippen MR) is 137 cm³/mol. The molecule has 3 N–H and O–H groups in total. The molecule has 0 radical (unpaired) electrons. The zero-order valence-electron chi connectivity index (χ0n) is 18.1. The van der Waals surface area contributed by atoms with Gasteiger partial charge in [0.15, 0.2) is 5.11 Å². The standard InChI is InChI=1S/C25H25N3O2S2/c1-25(2,3)18-8-6-17(7-9-18)23(30)26-19-10-12-20(13-11-19)27-24(31)28-22(29)15-14-21-5-4-16-32-21/h4-16H,1-3H3,(H,26,30)(H2,27,28,29,31)/b15-14+. The van der Waals surface area contributed by atoms with Gasteiger partial charge in [0.1, 0.15) is 0 Å². The molecule has 164 valence electrons. The summed E-state index contributed by atoms with van der Waals surface area (Å²) in [5, 5.41) is 10.6. The third-order valence-corrected chi connectivity index (χ3v) is 5.63. The van der Waals surface area contributed by atoms with E-state index in [0.717, 1.165) is 4.88 Å². The van der Waals surface area contributed by atoms with Crippen LogP contribution < -0.4 is 16.0 Å². The molecule has 0 bridgehead atoms. The molecule has 0 aliphatic heterocycles. The van der Waals surface area contributed by atoms with E-state index in [0.29, 0.717) is 16.9 Å². The molecule has 5 nitrogen and oxygen atoms in total. The summed E-state index contributed by atoms with van der Waals surface area (Å²) in [6, 6.07) is 18.6. The van der Waals surface area contributed by atoms with Crippen LogP contribution in [0.25, 0.3) is 6.08 Å². The topological polar surface area (TPSA) is 70.2 Å². The quantitative estimate of drug-likeness (QED) is 0.329. The molecule has 0 aliphatic rings. The molecular weight excluding hydrogens is 438 g/mol. The zero-order chi connectivity index (χ0) is 23.1. The lowest BCUT2D eigenvalue weighted by Gasteiger charge is -2.19. The van der Waals surface area contributed by atoms with E-state index in [9.17, 15) is 9.59 Å². The molecular formula is C25H25N3O2S2. The molecule has 3 rings (SSSR count). The molecule has 2 aromatic carbocycles. The number of carbonyl (C=O) groups is 2. The molecule has 7 heteroatoms. The first-order valence-corrected chi connectivity index (χ1v) is 11.3. The van der Waals surface area contributed by atoms with Crippen molar-refractivity contribution in [3.05, 3.63) is 88.1 Å². The first-order chi connectivity index (χ1) is 15.2. The van der Waals surface area contributed by atoms with Crippen LogP contribution in [0.5, 0.6) is 0 Å². The van der Waals surface area contributed by atoms with Gasteiger partial charge in [-0.3, -0.25) is 14.9 Å². The number of carbonyl (C=O) groups excluding carboxylic acids is 2. The second kappa shape index (κ2) is 10.3. The molecule has 1 heterocycles. The Balaban J connectivity index is 1.51. The van der Waals surface area contributed by atoms with Crippen LogP contribution in [0, 0.1) is 0 Å². The van der Waals surface area contributed by atoms with Crippen LogP contribution >= 0.6 is 23.6 Å². The summed E-state index contributed by atoms with van der Waals surface area (Å²) in [5.41, 5.74) is 3.17. The largest absolute Gasteiger partial charge is 0.332 e. The van der Waals surface area contributed by atoms with Gasteiger partial charge in [0.2, 0.25) is 5.91 Å². The summed E-state index contributed by atoms with van der Waals surface area (Å²) < 4.78 is 0. The highest BCUT2D eigenvalue weighted by atomic mass is 32.1. The second-order valence-electron chi connectivity index (χ2n) is 8.15. The summed E-state index contributed by atoms with van der Waals surface area (Å²) in [5.74, 6) is -0.483. The summed E-state index contributed by atoms with van der Waals surface area (Å²) in [4.78, 5) is 25.4. The van der Waals surface area contributed by atoms with E-state index in [-0.39, 0.29) is 22.3 Å². The first-order valence-electron chi connectivity index (χ1n) is 10.1. The number of nitrogens with one attached hydrogen (secondary N) is 3. The fourth-order valence-electron chi connectivity index (χ4n) is 2.82. The van der Waals surface area contributed by atoms with Crippen molar-refractivity contribution in [2.24, 2.45) is 0 Å². The van der Waals surface area contributed by atoms with Gasteiger partial charge in [-0.25, -0.2) is 0 Å². The van der Waals surface area contributed by atoms with Crippen LogP contribution in [-0.4, -0.2) is 16.9 Å². The Hall–Kier alpha value is -3.29. The highest BCUT2D eigenvalue weighted by Gasteiger charge is 2.14. The lowest BCUT2D eigenvalue weighted by Crippen LogP contribution is -2.32. The van der Waals surface area contributed by atoms with Crippen LogP contribution in [0.1, 0.15) is 41.6 Å². The Labute approximate surface area is 197 Å². The van der Waals surface area contributed by atoms with Gasteiger partial charge in [-0.05, 0) is 77.1 Å². The number of rotatable bonds is 5. The summed E-state index contributed by atoms with van der Waals surface area (Å²) in [7, 11) is 0. The Morgan fingerprint density at radius 2 is 1.53 bits per heavy atom. The fraction of sp³-hybridized carbons (Fsp3) is 0.160. The Bertz CT molecular complexity index is 1110. The van der Waals surface area contributed by atoms with Crippen molar-refractivity contribution in [1.82, 2.24) is 5.32 Å². The third-order valence-electron chi connectivity index (χ3n) is 4.59.